The Balaban J connectivity index is 1.69. The minimum atomic E-state index is -0.141. The normalized spacial score (nSPS) is 17.2. The van der Waals surface area contributed by atoms with E-state index in [9.17, 15) is 9.59 Å². The number of carbonyl (C=O) groups is 1. The van der Waals surface area contributed by atoms with Gasteiger partial charge in [0.2, 0.25) is 5.91 Å². The van der Waals surface area contributed by atoms with Gasteiger partial charge in [0.15, 0.2) is 0 Å². The van der Waals surface area contributed by atoms with Crippen LogP contribution in [0.15, 0.2) is 34.7 Å². The van der Waals surface area contributed by atoms with Crippen LogP contribution in [0.2, 0.25) is 0 Å². The predicted octanol–water partition coefficient (Wildman–Crippen LogP) is 4.00. The second-order valence-corrected chi connectivity index (χ2v) is 8.75. The summed E-state index contributed by atoms with van der Waals surface area (Å²) in [4.78, 5) is 32.9. The lowest BCUT2D eigenvalue weighted by Gasteiger charge is -2.31. The van der Waals surface area contributed by atoms with Gasteiger partial charge in [-0.2, -0.15) is 0 Å². The molecule has 6 heteroatoms. The fraction of sp³-hybridized carbons (Fsp3) is 0.409. The first-order valence-electron chi connectivity index (χ1n) is 9.76. The molecule has 28 heavy (non-hydrogen) atoms. The fourth-order valence-electron chi connectivity index (χ4n) is 3.86. The van der Waals surface area contributed by atoms with Crippen molar-refractivity contribution in [2.24, 2.45) is 5.92 Å². The molecule has 0 saturated carbocycles. The van der Waals surface area contributed by atoms with Crippen LogP contribution in [0.5, 0.6) is 0 Å². The van der Waals surface area contributed by atoms with Crippen LogP contribution in [0.25, 0.3) is 21.3 Å². The number of piperidine rings is 1. The van der Waals surface area contributed by atoms with Gasteiger partial charge >= 0.3 is 0 Å². The number of fused-ring (bicyclic) bond motifs is 1. The monoisotopic (exact) mass is 395 g/mol. The highest BCUT2D eigenvalue weighted by Gasteiger charge is 2.22. The lowest BCUT2D eigenvalue weighted by molar-refractivity contribution is -0.133. The Hall–Kier alpha value is -2.47. The predicted molar refractivity (Wildman–Crippen MR) is 114 cm³/mol. The quantitative estimate of drug-likeness (QED) is 0.674. The fourth-order valence-corrected chi connectivity index (χ4v) is 4.77. The molecular weight excluding hydrogens is 370 g/mol. The summed E-state index contributed by atoms with van der Waals surface area (Å²) in [6.45, 7) is 7.92. The standard InChI is InChI=1S/C22H25N3O2S/c1-14-5-4-8-24(10-14)19(26)11-25-13-23-21-20(22(25)27)18(12-28-21)17-7-6-15(2)16(3)9-17/h6-7,9,12-14H,4-5,8,10-11H2,1-3H3/t14-/m1/s1. The van der Waals surface area contributed by atoms with Gasteiger partial charge in [0.05, 0.1) is 11.7 Å². The van der Waals surface area contributed by atoms with Crippen LogP contribution in [0, 0.1) is 19.8 Å². The first kappa shape index (κ1) is 18.9. The van der Waals surface area contributed by atoms with E-state index in [-0.39, 0.29) is 18.0 Å². The van der Waals surface area contributed by atoms with Gasteiger partial charge < -0.3 is 4.90 Å². The molecule has 1 amide bonds. The van der Waals surface area contributed by atoms with Gasteiger partial charge in [-0.15, -0.1) is 11.3 Å². The average Bonchev–Trinajstić information content (AvgIpc) is 3.11. The summed E-state index contributed by atoms with van der Waals surface area (Å²) in [6, 6.07) is 6.22. The molecular formula is C22H25N3O2S. The van der Waals surface area contributed by atoms with E-state index < -0.39 is 0 Å². The number of hydrogen-bond donors (Lipinski definition) is 0. The van der Waals surface area contributed by atoms with Crippen LogP contribution in [0.1, 0.15) is 30.9 Å². The van der Waals surface area contributed by atoms with Crippen LogP contribution in [0.3, 0.4) is 0 Å². The molecule has 0 bridgehead atoms. The second-order valence-electron chi connectivity index (χ2n) is 7.89. The molecule has 2 aromatic heterocycles. The van der Waals surface area contributed by atoms with Crippen LogP contribution >= 0.6 is 11.3 Å². The maximum Gasteiger partial charge on any atom is 0.263 e. The Bertz CT molecular complexity index is 1100. The van der Waals surface area contributed by atoms with Crippen LogP contribution in [-0.4, -0.2) is 33.4 Å². The van der Waals surface area contributed by atoms with Gasteiger partial charge in [0.25, 0.3) is 5.56 Å². The summed E-state index contributed by atoms with van der Waals surface area (Å²) in [5, 5.41) is 2.59. The van der Waals surface area contributed by atoms with E-state index in [4.69, 9.17) is 0 Å². The van der Waals surface area contributed by atoms with Gasteiger partial charge in [0.1, 0.15) is 11.4 Å². The summed E-state index contributed by atoms with van der Waals surface area (Å²) in [6.07, 6.45) is 3.70. The van der Waals surface area contributed by atoms with Gasteiger partial charge in [0, 0.05) is 24.0 Å². The number of aryl methyl sites for hydroxylation is 2. The molecule has 1 saturated heterocycles. The third kappa shape index (κ3) is 3.49. The van der Waals surface area contributed by atoms with Crippen molar-refractivity contribution < 1.29 is 4.79 Å². The maximum atomic E-state index is 13.2. The number of benzene rings is 1. The summed E-state index contributed by atoms with van der Waals surface area (Å²) >= 11 is 1.47. The van der Waals surface area contributed by atoms with E-state index in [0.29, 0.717) is 16.1 Å². The number of hydrogen-bond acceptors (Lipinski definition) is 4. The van der Waals surface area contributed by atoms with Gasteiger partial charge in [-0.3, -0.25) is 14.2 Å². The number of thiophene rings is 1. The Morgan fingerprint density at radius 1 is 1.29 bits per heavy atom. The van der Waals surface area contributed by atoms with Crippen molar-refractivity contribution >= 4 is 27.5 Å². The molecule has 0 N–H and O–H groups in total. The first-order chi connectivity index (χ1) is 13.4. The zero-order chi connectivity index (χ0) is 19.8. The zero-order valence-electron chi connectivity index (χ0n) is 16.6. The first-order valence-corrected chi connectivity index (χ1v) is 10.6. The molecule has 1 fully saturated rings. The highest BCUT2D eigenvalue weighted by Crippen LogP contribution is 2.31. The SMILES string of the molecule is Cc1ccc(-c2csc3ncn(CC(=O)N4CCC[C@@H](C)C4)c(=O)c23)cc1C. The molecule has 4 rings (SSSR count). The minimum Gasteiger partial charge on any atom is -0.341 e. The highest BCUT2D eigenvalue weighted by atomic mass is 32.1. The zero-order valence-corrected chi connectivity index (χ0v) is 17.4. The molecule has 0 unspecified atom stereocenters. The van der Waals surface area contributed by atoms with Crippen molar-refractivity contribution in [3.63, 3.8) is 0 Å². The van der Waals surface area contributed by atoms with E-state index in [1.807, 2.05) is 16.3 Å². The molecule has 146 valence electrons. The molecule has 0 radical (unpaired) electrons. The highest BCUT2D eigenvalue weighted by molar-refractivity contribution is 7.17. The number of amides is 1. The number of likely N-dealkylation sites (tertiary alicyclic amines) is 1. The smallest absolute Gasteiger partial charge is 0.263 e. The van der Waals surface area contributed by atoms with E-state index in [1.165, 1.54) is 33.4 Å². The minimum absolute atomic E-state index is 0.00207. The molecule has 3 aromatic rings. The Morgan fingerprint density at radius 3 is 2.86 bits per heavy atom. The van der Waals surface area contributed by atoms with Crippen molar-refractivity contribution in [3.8, 4) is 11.1 Å². The Kier molecular flexibility index (Phi) is 5.06. The van der Waals surface area contributed by atoms with Crippen molar-refractivity contribution in [1.29, 1.82) is 0 Å². The van der Waals surface area contributed by atoms with E-state index in [1.54, 1.807) is 0 Å². The van der Waals surface area contributed by atoms with Gasteiger partial charge in [-0.05, 0) is 49.3 Å². The van der Waals surface area contributed by atoms with Crippen molar-refractivity contribution in [3.05, 3.63) is 51.4 Å². The van der Waals surface area contributed by atoms with Crippen LogP contribution in [-0.2, 0) is 11.3 Å². The average molecular weight is 396 g/mol. The van der Waals surface area contributed by atoms with Gasteiger partial charge in [-0.25, -0.2) is 4.98 Å². The van der Waals surface area contributed by atoms with Crippen molar-refractivity contribution in [2.75, 3.05) is 13.1 Å². The Labute approximate surface area is 168 Å². The summed E-state index contributed by atoms with van der Waals surface area (Å²) in [5.41, 5.74) is 4.18. The maximum absolute atomic E-state index is 13.2. The third-order valence-corrected chi connectivity index (χ3v) is 6.58. The molecule has 0 spiro atoms. The largest absolute Gasteiger partial charge is 0.341 e. The second kappa shape index (κ2) is 7.51. The van der Waals surface area contributed by atoms with Crippen molar-refractivity contribution in [2.45, 2.75) is 40.2 Å². The number of nitrogens with zero attached hydrogens (tertiary/aromatic N) is 3. The number of carbonyl (C=O) groups excluding carboxylic acids is 1. The molecule has 5 nitrogen and oxygen atoms in total. The van der Waals surface area contributed by atoms with E-state index >= 15 is 0 Å². The Morgan fingerprint density at radius 2 is 2.11 bits per heavy atom. The molecule has 1 atom stereocenters. The topological polar surface area (TPSA) is 55.2 Å². The van der Waals surface area contributed by atoms with Gasteiger partial charge in [-0.1, -0.05) is 25.1 Å². The van der Waals surface area contributed by atoms with Crippen LogP contribution < -0.4 is 5.56 Å². The summed E-state index contributed by atoms with van der Waals surface area (Å²) in [5.74, 6) is 0.515. The van der Waals surface area contributed by atoms with Crippen molar-refractivity contribution in [1.82, 2.24) is 14.5 Å². The van der Waals surface area contributed by atoms with Crippen LogP contribution in [0.4, 0.5) is 0 Å². The third-order valence-electron chi connectivity index (χ3n) is 5.69. The lowest BCUT2D eigenvalue weighted by atomic mass is 10.0. The molecule has 0 aliphatic carbocycles. The molecule has 1 aliphatic heterocycles. The number of aromatic nitrogens is 2. The molecule has 1 aliphatic rings. The molecule has 1 aromatic carbocycles. The van der Waals surface area contributed by atoms with E-state index in [0.717, 1.165) is 37.1 Å². The molecule has 3 heterocycles. The summed E-state index contributed by atoms with van der Waals surface area (Å²) < 4.78 is 1.46. The number of rotatable bonds is 3. The lowest BCUT2D eigenvalue weighted by Crippen LogP contribution is -2.42. The summed E-state index contributed by atoms with van der Waals surface area (Å²) in [7, 11) is 0. The van der Waals surface area contributed by atoms with E-state index in [2.05, 4.69) is 37.9 Å².